The van der Waals surface area contributed by atoms with E-state index >= 15 is 0 Å². The second kappa shape index (κ2) is 17.7. The minimum absolute atomic E-state index is 0.128. The van der Waals surface area contributed by atoms with Crippen molar-refractivity contribution in [3.8, 4) is 0 Å². The molecule has 0 aliphatic carbocycles. The maximum Gasteiger partial charge on any atom is 0.294 e. The Morgan fingerprint density at radius 1 is 0.613 bits per heavy atom. The number of aryl methyl sites for hydroxylation is 1. The van der Waals surface area contributed by atoms with Crippen molar-refractivity contribution in [2.45, 2.75) is 141 Å². The van der Waals surface area contributed by atoms with Crippen molar-refractivity contribution in [3.05, 3.63) is 29.3 Å². The highest BCUT2D eigenvalue weighted by Crippen LogP contribution is 2.24. The summed E-state index contributed by atoms with van der Waals surface area (Å²) in [6, 6.07) is 5.40. The molecular formula is C27H48O3S. The molecule has 1 N–H and O–H groups in total. The Hall–Kier alpha value is -0.870. The Balaban J connectivity index is 2.44. The third kappa shape index (κ3) is 13.3. The maximum absolute atomic E-state index is 11.9. The van der Waals surface area contributed by atoms with Crippen LogP contribution in [0.4, 0.5) is 0 Å². The molecular weight excluding hydrogens is 404 g/mol. The summed E-state index contributed by atoms with van der Waals surface area (Å²) in [7, 11) is -4.16. The van der Waals surface area contributed by atoms with Gasteiger partial charge in [-0.2, -0.15) is 8.42 Å². The van der Waals surface area contributed by atoms with Crippen LogP contribution in [0.3, 0.4) is 0 Å². The van der Waals surface area contributed by atoms with Gasteiger partial charge in [-0.1, -0.05) is 122 Å². The third-order valence-corrected chi connectivity index (χ3v) is 7.28. The minimum atomic E-state index is -4.16. The molecule has 0 saturated heterocycles. The summed E-state index contributed by atoms with van der Waals surface area (Å²) in [6.45, 7) is 4.48. The first-order chi connectivity index (χ1) is 15.0. The average Bonchev–Trinajstić information content (AvgIpc) is 2.74. The van der Waals surface area contributed by atoms with Crippen molar-refractivity contribution in [2.75, 3.05) is 0 Å². The quantitative estimate of drug-likeness (QED) is 0.159. The van der Waals surface area contributed by atoms with E-state index in [1.807, 2.05) is 0 Å². The molecule has 0 saturated carbocycles. The molecule has 0 unspecified atom stereocenters. The van der Waals surface area contributed by atoms with Gasteiger partial charge in [-0.05, 0) is 42.9 Å². The van der Waals surface area contributed by atoms with Crippen LogP contribution in [0.15, 0.2) is 23.1 Å². The van der Waals surface area contributed by atoms with Gasteiger partial charge in [-0.25, -0.2) is 0 Å². The minimum Gasteiger partial charge on any atom is -0.282 e. The fourth-order valence-electron chi connectivity index (χ4n) is 4.43. The van der Waals surface area contributed by atoms with Crippen LogP contribution in [0.5, 0.6) is 0 Å². The summed E-state index contributed by atoms with van der Waals surface area (Å²) in [5, 5.41) is 0. The van der Waals surface area contributed by atoms with Crippen LogP contribution < -0.4 is 0 Å². The van der Waals surface area contributed by atoms with E-state index in [0.717, 1.165) is 43.2 Å². The number of hydrogen-bond donors (Lipinski definition) is 1. The molecule has 1 rings (SSSR count). The summed E-state index contributed by atoms with van der Waals surface area (Å²) >= 11 is 0. The molecule has 0 atom stereocenters. The topological polar surface area (TPSA) is 54.4 Å². The molecule has 0 amide bonds. The summed E-state index contributed by atoms with van der Waals surface area (Å²) < 4.78 is 33.5. The largest absolute Gasteiger partial charge is 0.294 e. The van der Waals surface area contributed by atoms with E-state index < -0.39 is 10.1 Å². The van der Waals surface area contributed by atoms with Gasteiger partial charge in [0.15, 0.2) is 0 Å². The molecule has 0 aliphatic rings. The zero-order chi connectivity index (χ0) is 22.8. The Bertz CT molecular complexity index is 667. The van der Waals surface area contributed by atoms with E-state index in [1.165, 1.54) is 89.9 Å². The molecule has 0 spiro atoms. The van der Waals surface area contributed by atoms with E-state index in [0.29, 0.717) is 0 Å². The fraction of sp³-hybridized carbons (Fsp3) is 0.778. The van der Waals surface area contributed by atoms with Gasteiger partial charge in [-0.15, -0.1) is 0 Å². The van der Waals surface area contributed by atoms with Crippen molar-refractivity contribution in [1.29, 1.82) is 0 Å². The Kier molecular flexibility index (Phi) is 16.0. The lowest BCUT2D eigenvalue weighted by atomic mass is 9.96. The number of rotatable bonds is 20. The summed E-state index contributed by atoms with van der Waals surface area (Å²) in [6.07, 6.45) is 23.1. The normalized spacial score (nSPS) is 11.8. The average molecular weight is 453 g/mol. The van der Waals surface area contributed by atoms with Gasteiger partial charge < -0.3 is 0 Å². The predicted octanol–water partition coefficient (Wildman–Crippen LogP) is 8.69. The highest BCUT2D eigenvalue weighted by molar-refractivity contribution is 7.85. The monoisotopic (exact) mass is 452 g/mol. The van der Waals surface area contributed by atoms with Gasteiger partial charge in [0.05, 0.1) is 4.90 Å². The summed E-state index contributed by atoms with van der Waals surface area (Å²) in [5.41, 5.74) is 1.97. The lowest BCUT2D eigenvalue weighted by Crippen LogP contribution is -2.07. The molecule has 0 fully saturated rings. The highest BCUT2D eigenvalue weighted by atomic mass is 32.2. The molecule has 3 nitrogen and oxygen atoms in total. The number of hydrogen-bond acceptors (Lipinski definition) is 2. The SMILES string of the molecule is CCCCCCCCCCCCc1cccc(S(=O)(=O)O)c1CCCCCCCCC. The number of unbranched alkanes of at least 4 members (excludes halogenated alkanes) is 15. The second-order valence-corrected chi connectivity index (χ2v) is 10.6. The van der Waals surface area contributed by atoms with E-state index in [2.05, 4.69) is 19.9 Å². The molecule has 0 bridgehead atoms. The van der Waals surface area contributed by atoms with Crippen LogP contribution in [0, 0.1) is 0 Å². The molecule has 0 radical (unpaired) electrons. The van der Waals surface area contributed by atoms with Crippen molar-refractivity contribution < 1.29 is 13.0 Å². The summed E-state index contributed by atoms with van der Waals surface area (Å²) in [4.78, 5) is 0.128. The van der Waals surface area contributed by atoms with Gasteiger partial charge in [0.2, 0.25) is 0 Å². The van der Waals surface area contributed by atoms with Crippen molar-refractivity contribution >= 4 is 10.1 Å². The Morgan fingerprint density at radius 3 is 1.48 bits per heavy atom. The van der Waals surface area contributed by atoms with E-state index in [-0.39, 0.29) is 4.90 Å². The first-order valence-electron chi connectivity index (χ1n) is 13.1. The van der Waals surface area contributed by atoms with Gasteiger partial charge in [-0.3, -0.25) is 4.55 Å². The molecule has 180 valence electrons. The molecule has 0 heterocycles. The van der Waals surface area contributed by atoms with Crippen molar-refractivity contribution in [2.24, 2.45) is 0 Å². The van der Waals surface area contributed by atoms with Gasteiger partial charge >= 0.3 is 0 Å². The van der Waals surface area contributed by atoms with Crippen LogP contribution in [-0.2, 0) is 23.0 Å². The molecule has 0 aromatic heterocycles. The predicted molar refractivity (Wildman–Crippen MR) is 134 cm³/mol. The van der Waals surface area contributed by atoms with Gasteiger partial charge in [0.25, 0.3) is 10.1 Å². The van der Waals surface area contributed by atoms with E-state index in [1.54, 1.807) is 12.1 Å². The van der Waals surface area contributed by atoms with Gasteiger partial charge in [0, 0.05) is 0 Å². The van der Waals surface area contributed by atoms with Gasteiger partial charge in [0.1, 0.15) is 0 Å². The van der Waals surface area contributed by atoms with Crippen LogP contribution >= 0.6 is 0 Å². The standard InChI is InChI=1S/C27H48O3S/c1-3-5-7-9-11-12-13-15-16-18-21-25-22-20-24-27(31(28,29)30)26(25)23-19-17-14-10-8-6-4-2/h20,22,24H,3-19,21,23H2,1-2H3,(H,28,29,30). The zero-order valence-electron chi connectivity index (χ0n) is 20.3. The Labute approximate surface area is 193 Å². The van der Waals surface area contributed by atoms with Crippen molar-refractivity contribution in [1.82, 2.24) is 0 Å². The van der Waals surface area contributed by atoms with E-state index in [4.69, 9.17) is 0 Å². The second-order valence-electron chi connectivity index (χ2n) is 9.17. The molecule has 31 heavy (non-hydrogen) atoms. The van der Waals surface area contributed by atoms with Crippen LogP contribution in [0.2, 0.25) is 0 Å². The van der Waals surface area contributed by atoms with E-state index in [9.17, 15) is 13.0 Å². The summed E-state index contributed by atoms with van der Waals surface area (Å²) in [5.74, 6) is 0. The smallest absolute Gasteiger partial charge is 0.282 e. The molecule has 4 heteroatoms. The Morgan fingerprint density at radius 2 is 1.03 bits per heavy atom. The first-order valence-corrected chi connectivity index (χ1v) is 14.5. The lowest BCUT2D eigenvalue weighted by molar-refractivity contribution is 0.481. The highest BCUT2D eigenvalue weighted by Gasteiger charge is 2.17. The first kappa shape index (κ1) is 28.2. The molecule has 1 aromatic carbocycles. The zero-order valence-corrected chi connectivity index (χ0v) is 21.2. The number of benzene rings is 1. The lowest BCUT2D eigenvalue weighted by Gasteiger charge is -2.14. The maximum atomic E-state index is 11.9. The van der Waals surface area contributed by atoms with Crippen LogP contribution in [-0.4, -0.2) is 13.0 Å². The third-order valence-electron chi connectivity index (χ3n) is 6.34. The molecule has 0 aliphatic heterocycles. The molecule has 1 aromatic rings. The fourth-order valence-corrected chi connectivity index (χ4v) is 5.23. The van der Waals surface area contributed by atoms with Crippen LogP contribution in [0.1, 0.15) is 134 Å². The van der Waals surface area contributed by atoms with Crippen LogP contribution in [0.25, 0.3) is 0 Å². The van der Waals surface area contributed by atoms with Crippen molar-refractivity contribution in [3.63, 3.8) is 0 Å².